The molecule has 2 heterocycles. The van der Waals surface area contributed by atoms with Gasteiger partial charge in [-0.15, -0.1) is 0 Å². The summed E-state index contributed by atoms with van der Waals surface area (Å²) in [5.74, 6) is -0.323. The van der Waals surface area contributed by atoms with Crippen LogP contribution in [0.1, 0.15) is 69.4 Å². The van der Waals surface area contributed by atoms with Crippen molar-refractivity contribution in [1.29, 1.82) is 0 Å². The summed E-state index contributed by atoms with van der Waals surface area (Å²) in [5.41, 5.74) is 3.79. The summed E-state index contributed by atoms with van der Waals surface area (Å²) in [6, 6.07) is 6.87. The first kappa shape index (κ1) is 29.9. The van der Waals surface area contributed by atoms with Crippen LogP contribution in [0, 0.1) is 17.7 Å². The molecule has 0 bridgehead atoms. The van der Waals surface area contributed by atoms with Gasteiger partial charge >= 0.3 is 11.7 Å². The number of fused-ring (bicyclic) bond motifs is 2. The number of imidazole rings is 1. The number of unbranched alkanes of at least 4 members (excludes halogenated alkanes) is 3. The second kappa shape index (κ2) is 14.0. The van der Waals surface area contributed by atoms with Gasteiger partial charge in [-0.2, -0.15) is 0 Å². The van der Waals surface area contributed by atoms with Gasteiger partial charge in [0.2, 0.25) is 0 Å². The zero-order valence-electron chi connectivity index (χ0n) is 23.9. The molecule has 0 radical (unpaired) electrons. The Bertz CT molecular complexity index is 1320. The van der Waals surface area contributed by atoms with Crippen molar-refractivity contribution in [3.05, 3.63) is 64.1 Å². The highest BCUT2D eigenvalue weighted by Gasteiger charge is 2.33. The van der Waals surface area contributed by atoms with E-state index in [0.717, 1.165) is 61.7 Å². The minimum atomic E-state index is -0.921. The molecular formula is C31H43FN4O4. The number of aliphatic carboxylic acids is 1. The SMILES string of the molecule is CC(C)[C@@H]1c2ccc(F)cc2CCC1CO[C@@H](CCN(C)CCCCCCn1c(=O)[nH]c2ccncc21)C(=O)O. The lowest BCUT2D eigenvalue weighted by atomic mass is 9.70. The number of benzene rings is 1. The molecule has 2 aromatic heterocycles. The van der Waals surface area contributed by atoms with Crippen LogP contribution < -0.4 is 5.69 Å². The van der Waals surface area contributed by atoms with E-state index in [4.69, 9.17) is 4.74 Å². The van der Waals surface area contributed by atoms with Gasteiger partial charge in [0.15, 0.2) is 6.10 Å². The number of aromatic nitrogens is 3. The molecule has 0 saturated heterocycles. The first-order valence-electron chi connectivity index (χ1n) is 14.6. The molecule has 4 rings (SSSR count). The van der Waals surface area contributed by atoms with E-state index in [-0.39, 0.29) is 23.3 Å². The average Bonchev–Trinajstić information content (AvgIpc) is 3.24. The van der Waals surface area contributed by atoms with Gasteiger partial charge in [0, 0.05) is 19.3 Å². The van der Waals surface area contributed by atoms with Crippen molar-refractivity contribution < 1.29 is 19.0 Å². The maximum Gasteiger partial charge on any atom is 0.332 e. The number of ether oxygens (including phenoxy) is 1. The molecule has 0 spiro atoms. The van der Waals surface area contributed by atoms with Crippen LogP contribution in [-0.2, 0) is 22.5 Å². The third kappa shape index (κ3) is 7.57. The van der Waals surface area contributed by atoms with Crippen molar-refractivity contribution in [2.75, 3.05) is 26.7 Å². The monoisotopic (exact) mass is 554 g/mol. The number of aromatic amines is 1. The van der Waals surface area contributed by atoms with E-state index < -0.39 is 12.1 Å². The van der Waals surface area contributed by atoms with Crippen molar-refractivity contribution >= 4 is 17.0 Å². The quantitative estimate of drug-likeness (QED) is 0.250. The summed E-state index contributed by atoms with van der Waals surface area (Å²) in [7, 11) is 2.02. The van der Waals surface area contributed by atoms with Gasteiger partial charge < -0.3 is 19.7 Å². The van der Waals surface area contributed by atoms with Gasteiger partial charge in [0.05, 0.1) is 23.8 Å². The normalized spacial score (nSPS) is 17.9. The third-order valence-electron chi connectivity index (χ3n) is 8.28. The van der Waals surface area contributed by atoms with Crippen LogP contribution >= 0.6 is 0 Å². The third-order valence-corrected chi connectivity index (χ3v) is 8.28. The maximum absolute atomic E-state index is 13.7. The predicted molar refractivity (Wildman–Crippen MR) is 154 cm³/mol. The summed E-state index contributed by atoms with van der Waals surface area (Å²) in [6.45, 7) is 6.93. The number of halogens is 1. The average molecular weight is 555 g/mol. The fourth-order valence-electron chi connectivity index (χ4n) is 6.17. The molecule has 3 atom stereocenters. The summed E-state index contributed by atoms with van der Waals surface area (Å²) in [4.78, 5) is 33.3. The van der Waals surface area contributed by atoms with E-state index in [1.165, 1.54) is 11.6 Å². The van der Waals surface area contributed by atoms with Crippen LogP contribution in [0.5, 0.6) is 0 Å². The molecule has 9 heteroatoms. The molecule has 1 aromatic carbocycles. The van der Waals surface area contributed by atoms with Gasteiger partial charge in [-0.1, -0.05) is 32.8 Å². The lowest BCUT2D eigenvalue weighted by Crippen LogP contribution is -2.34. The molecule has 1 unspecified atom stereocenters. The molecule has 1 aliphatic carbocycles. The molecule has 40 heavy (non-hydrogen) atoms. The van der Waals surface area contributed by atoms with Crippen molar-refractivity contribution in [2.45, 2.75) is 77.4 Å². The summed E-state index contributed by atoms with van der Waals surface area (Å²) in [6.07, 6.45) is 8.64. The number of H-pyrrole nitrogens is 1. The number of aryl methyl sites for hydroxylation is 2. The summed E-state index contributed by atoms with van der Waals surface area (Å²) >= 11 is 0. The van der Waals surface area contributed by atoms with Crippen LogP contribution in [0.25, 0.3) is 11.0 Å². The number of pyridine rings is 1. The van der Waals surface area contributed by atoms with Crippen LogP contribution in [0.4, 0.5) is 4.39 Å². The fourth-order valence-corrected chi connectivity index (χ4v) is 6.17. The summed E-state index contributed by atoms with van der Waals surface area (Å²) < 4.78 is 21.5. The topological polar surface area (TPSA) is 100 Å². The number of hydrogen-bond donors (Lipinski definition) is 2. The van der Waals surface area contributed by atoms with E-state index in [9.17, 15) is 19.1 Å². The van der Waals surface area contributed by atoms with Crippen molar-refractivity contribution in [3.8, 4) is 0 Å². The smallest absolute Gasteiger partial charge is 0.332 e. The molecule has 218 valence electrons. The molecular weight excluding hydrogens is 511 g/mol. The number of carbonyl (C=O) groups is 1. The molecule has 0 saturated carbocycles. The molecule has 0 fully saturated rings. The van der Waals surface area contributed by atoms with E-state index >= 15 is 0 Å². The Morgan fingerprint density at radius 2 is 2.02 bits per heavy atom. The number of rotatable bonds is 15. The highest BCUT2D eigenvalue weighted by molar-refractivity contribution is 5.73. The summed E-state index contributed by atoms with van der Waals surface area (Å²) in [5, 5.41) is 9.80. The van der Waals surface area contributed by atoms with Gasteiger partial charge in [-0.05, 0) is 92.8 Å². The highest BCUT2D eigenvalue weighted by atomic mass is 19.1. The van der Waals surface area contributed by atoms with Gasteiger partial charge in [-0.25, -0.2) is 14.0 Å². The number of nitrogens with one attached hydrogen (secondary N) is 1. The van der Waals surface area contributed by atoms with Crippen LogP contribution in [0.15, 0.2) is 41.5 Å². The minimum absolute atomic E-state index is 0.0960. The Morgan fingerprint density at radius 3 is 2.80 bits per heavy atom. The van der Waals surface area contributed by atoms with Gasteiger partial charge in [0.25, 0.3) is 0 Å². The zero-order chi connectivity index (χ0) is 28.6. The minimum Gasteiger partial charge on any atom is -0.479 e. The van der Waals surface area contributed by atoms with Gasteiger partial charge in [0.1, 0.15) is 5.82 Å². The van der Waals surface area contributed by atoms with Gasteiger partial charge in [-0.3, -0.25) is 9.55 Å². The second-order valence-electron chi connectivity index (χ2n) is 11.6. The van der Waals surface area contributed by atoms with Crippen LogP contribution in [0.2, 0.25) is 0 Å². The highest BCUT2D eigenvalue weighted by Crippen LogP contribution is 2.41. The van der Waals surface area contributed by atoms with E-state index in [1.54, 1.807) is 23.0 Å². The fraction of sp³-hybridized carbons (Fsp3) is 0.581. The lowest BCUT2D eigenvalue weighted by Gasteiger charge is -2.36. The van der Waals surface area contributed by atoms with E-state index in [2.05, 4.69) is 28.7 Å². The number of carboxylic acids is 1. The predicted octanol–water partition coefficient (Wildman–Crippen LogP) is 5.22. The Kier molecular flexibility index (Phi) is 10.5. The van der Waals surface area contributed by atoms with Crippen LogP contribution in [-0.4, -0.2) is 63.4 Å². The maximum atomic E-state index is 13.7. The molecule has 8 nitrogen and oxygen atoms in total. The number of carboxylic acid groups (broad SMARTS) is 1. The first-order valence-corrected chi connectivity index (χ1v) is 14.6. The van der Waals surface area contributed by atoms with Crippen molar-refractivity contribution in [3.63, 3.8) is 0 Å². The Morgan fingerprint density at radius 1 is 1.23 bits per heavy atom. The molecule has 1 aliphatic rings. The number of hydrogen-bond acceptors (Lipinski definition) is 5. The standard InChI is InChI=1S/C31H43FN4O4/c1-21(2)29-23(9-8-22-18-24(32)10-11-25(22)29)20-40-28(30(37)38)13-17-35(3)15-6-4-5-7-16-36-27-19-33-14-12-26(27)34-31(36)39/h10-12,14,18-19,21,23,28-29H,4-9,13,15-17,20H2,1-3H3,(H,34,39)(H,37,38)/t23?,28-,29-/m0/s1. The Labute approximate surface area is 235 Å². The largest absolute Gasteiger partial charge is 0.479 e. The molecule has 0 aliphatic heterocycles. The molecule has 0 amide bonds. The van der Waals surface area contributed by atoms with E-state index in [1.807, 2.05) is 19.2 Å². The van der Waals surface area contributed by atoms with Crippen LogP contribution in [0.3, 0.4) is 0 Å². The van der Waals surface area contributed by atoms with Crippen molar-refractivity contribution in [2.24, 2.45) is 11.8 Å². The zero-order valence-corrected chi connectivity index (χ0v) is 23.9. The van der Waals surface area contributed by atoms with Crippen molar-refractivity contribution in [1.82, 2.24) is 19.4 Å². The Hall–Kier alpha value is -3.04. The molecule has 3 aromatic rings. The lowest BCUT2D eigenvalue weighted by molar-refractivity contribution is -0.152. The molecule has 2 N–H and O–H groups in total. The first-order chi connectivity index (χ1) is 19.2. The Balaban J connectivity index is 1.16. The second-order valence-corrected chi connectivity index (χ2v) is 11.6. The number of nitrogens with zero attached hydrogens (tertiary/aromatic N) is 3. The van der Waals surface area contributed by atoms with E-state index in [0.29, 0.717) is 32.0 Å².